The van der Waals surface area contributed by atoms with Crippen LogP contribution >= 0.6 is 0 Å². The van der Waals surface area contributed by atoms with Gasteiger partial charge in [-0.05, 0) is 12.8 Å². The second-order valence-corrected chi connectivity index (χ2v) is 5.84. The Morgan fingerprint density at radius 2 is 2.18 bits per heavy atom. The number of aromatic amines is 1. The van der Waals surface area contributed by atoms with Gasteiger partial charge in [-0.15, -0.1) is 0 Å². The van der Waals surface area contributed by atoms with Crippen molar-refractivity contribution in [1.29, 1.82) is 0 Å². The maximum absolute atomic E-state index is 11.8. The van der Waals surface area contributed by atoms with Gasteiger partial charge in [-0.2, -0.15) is 5.10 Å². The molecule has 0 bridgehead atoms. The summed E-state index contributed by atoms with van der Waals surface area (Å²) in [5.41, 5.74) is 6.41. The molecule has 1 aromatic rings. The molecule has 5 nitrogen and oxygen atoms in total. The smallest absolute Gasteiger partial charge is 0.230 e. The number of carbonyl (C=O) groups is 1. The molecule has 1 aliphatic rings. The molecular weight excluding hydrogens is 216 g/mol. The topological polar surface area (TPSA) is 83.8 Å². The summed E-state index contributed by atoms with van der Waals surface area (Å²) < 4.78 is 0. The van der Waals surface area contributed by atoms with Gasteiger partial charge in [0.05, 0.1) is 0 Å². The van der Waals surface area contributed by atoms with Crippen molar-refractivity contribution in [2.45, 2.75) is 45.6 Å². The zero-order chi connectivity index (χ0) is 12.6. The van der Waals surface area contributed by atoms with E-state index in [1.165, 1.54) is 0 Å². The molecule has 0 aromatic carbocycles. The molecule has 1 heterocycles. The number of anilines is 1. The Balaban J connectivity index is 1.97. The van der Waals surface area contributed by atoms with Crippen LogP contribution in [0.5, 0.6) is 0 Å². The van der Waals surface area contributed by atoms with Gasteiger partial charge in [0, 0.05) is 29.1 Å². The van der Waals surface area contributed by atoms with E-state index >= 15 is 0 Å². The first-order valence-corrected chi connectivity index (χ1v) is 5.98. The number of nitrogens with zero attached hydrogens (tertiary/aromatic N) is 1. The number of hydrogen-bond donors (Lipinski definition) is 3. The van der Waals surface area contributed by atoms with E-state index < -0.39 is 5.41 Å². The predicted octanol–water partition coefficient (Wildman–Crippen LogP) is 1.60. The fourth-order valence-electron chi connectivity index (χ4n) is 1.83. The average Bonchev–Trinajstić information content (AvgIpc) is 2.59. The molecule has 17 heavy (non-hydrogen) atoms. The molecule has 2 rings (SSSR count). The number of aromatic nitrogens is 2. The summed E-state index contributed by atoms with van der Waals surface area (Å²) in [6.07, 6.45) is 1.99. The second-order valence-electron chi connectivity index (χ2n) is 5.84. The summed E-state index contributed by atoms with van der Waals surface area (Å²) in [5.74, 6) is 1.04. The van der Waals surface area contributed by atoms with Crippen molar-refractivity contribution in [3.63, 3.8) is 0 Å². The molecule has 1 aliphatic carbocycles. The summed E-state index contributed by atoms with van der Waals surface area (Å²) in [7, 11) is 0. The molecule has 1 saturated carbocycles. The van der Waals surface area contributed by atoms with Gasteiger partial charge in [-0.1, -0.05) is 20.8 Å². The number of H-pyrrole nitrogens is 1. The third-order valence-corrected chi connectivity index (χ3v) is 3.13. The van der Waals surface area contributed by atoms with Crippen molar-refractivity contribution < 1.29 is 4.79 Å². The van der Waals surface area contributed by atoms with Crippen molar-refractivity contribution in [3.05, 3.63) is 11.8 Å². The molecule has 1 amide bonds. The van der Waals surface area contributed by atoms with Crippen molar-refractivity contribution in [2.24, 2.45) is 11.1 Å². The Bertz CT molecular complexity index is 412. The van der Waals surface area contributed by atoms with Crippen LogP contribution in [0.25, 0.3) is 0 Å². The lowest BCUT2D eigenvalue weighted by Crippen LogP contribution is -2.34. The second kappa shape index (κ2) is 4.14. The Labute approximate surface area is 101 Å². The van der Waals surface area contributed by atoms with Gasteiger partial charge >= 0.3 is 0 Å². The number of nitrogens with one attached hydrogen (secondary N) is 2. The van der Waals surface area contributed by atoms with E-state index in [0.717, 1.165) is 18.5 Å². The number of rotatable bonds is 2. The van der Waals surface area contributed by atoms with Gasteiger partial charge < -0.3 is 11.1 Å². The van der Waals surface area contributed by atoms with Gasteiger partial charge in [0.1, 0.15) is 0 Å². The minimum absolute atomic E-state index is 0.0270. The summed E-state index contributed by atoms with van der Waals surface area (Å²) in [5, 5.41) is 9.87. The number of amides is 1. The Morgan fingerprint density at radius 3 is 2.71 bits per heavy atom. The molecule has 94 valence electrons. The summed E-state index contributed by atoms with van der Waals surface area (Å²) >= 11 is 0. The number of carbonyl (C=O) groups excluding carboxylic acids is 1. The summed E-state index contributed by atoms with van der Waals surface area (Å²) in [6, 6.07) is 2.22. The van der Waals surface area contributed by atoms with Crippen LogP contribution in [-0.2, 0) is 4.79 Å². The normalized spacial score (nSPS) is 24.2. The molecule has 0 aliphatic heterocycles. The first-order chi connectivity index (χ1) is 7.86. The highest BCUT2D eigenvalue weighted by atomic mass is 16.2. The Kier molecular flexibility index (Phi) is 2.95. The maximum atomic E-state index is 11.8. The van der Waals surface area contributed by atoms with Crippen LogP contribution in [0, 0.1) is 5.41 Å². The van der Waals surface area contributed by atoms with Crippen molar-refractivity contribution in [1.82, 2.24) is 10.2 Å². The van der Waals surface area contributed by atoms with Crippen molar-refractivity contribution >= 4 is 11.7 Å². The van der Waals surface area contributed by atoms with Crippen LogP contribution in [0.1, 0.15) is 45.2 Å². The summed E-state index contributed by atoms with van der Waals surface area (Å²) in [6.45, 7) is 5.63. The van der Waals surface area contributed by atoms with Gasteiger partial charge in [-0.3, -0.25) is 9.89 Å². The van der Waals surface area contributed by atoms with Crippen LogP contribution < -0.4 is 11.1 Å². The Morgan fingerprint density at radius 1 is 1.53 bits per heavy atom. The van der Waals surface area contributed by atoms with Crippen LogP contribution in [0.4, 0.5) is 5.82 Å². The van der Waals surface area contributed by atoms with Gasteiger partial charge in [-0.25, -0.2) is 0 Å². The molecule has 0 spiro atoms. The molecule has 1 aromatic heterocycles. The molecule has 0 radical (unpaired) electrons. The Hall–Kier alpha value is -1.36. The molecule has 4 N–H and O–H groups in total. The van der Waals surface area contributed by atoms with Gasteiger partial charge in [0.15, 0.2) is 5.82 Å². The van der Waals surface area contributed by atoms with Crippen molar-refractivity contribution in [3.8, 4) is 0 Å². The van der Waals surface area contributed by atoms with Gasteiger partial charge in [0.25, 0.3) is 0 Å². The van der Waals surface area contributed by atoms with E-state index in [1.54, 1.807) is 0 Å². The highest BCUT2D eigenvalue weighted by molar-refractivity contribution is 5.93. The van der Waals surface area contributed by atoms with Crippen LogP contribution in [0.2, 0.25) is 0 Å². The van der Waals surface area contributed by atoms with Crippen LogP contribution in [0.15, 0.2) is 6.07 Å². The third-order valence-electron chi connectivity index (χ3n) is 3.13. The molecule has 0 unspecified atom stereocenters. The molecule has 0 atom stereocenters. The molecular formula is C12H20N4O. The summed E-state index contributed by atoms with van der Waals surface area (Å²) in [4.78, 5) is 11.8. The number of nitrogens with two attached hydrogens (primary N) is 1. The lowest BCUT2D eigenvalue weighted by atomic mass is 9.79. The quantitative estimate of drug-likeness (QED) is 0.729. The third kappa shape index (κ3) is 2.66. The average molecular weight is 236 g/mol. The number of hydrogen-bond acceptors (Lipinski definition) is 3. The molecule has 0 saturated heterocycles. The van der Waals surface area contributed by atoms with Crippen molar-refractivity contribution in [2.75, 3.05) is 5.32 Å². The zero-order valence-corrected chi connectivity index (χ0v) is 10.6. The van der Waals surface area contributed by atoms with E-state index in [-0.39, 0.29) is 5.91 Å². The van der Waals surface area contributed by atoms with Gasteiger partial charge in [0.2, 0.25) is 5.91 Å². The lowest BCUT2D eigenvalue weighted by Gasteiger charge is -2.31. The lowest BCUT2D eigenvalue weighted by molar-refractivity contribution is -0.123. The van der Waals surface area contributed by atoms with Crippen LogP contribution in [-0.4, -0.2) is 22.1 Å². The van der Waals surface area contributed by atoms with E-state index in [9.17, 15) is 4.79 Å². The largest absolute Gasteiger partial charge is 0.328 e. The minimum Gasteiger partial charge on any atom is -0.328 e. The highest BCUT2D eigenvalue weighted by Gasteiger charge is 2.29. The maximum Gasteiger partial charge on any atom is 0.230 e. The van der Waals surface area contributed by atoms with E-state index in [2.05, 4.69) is 15.5 Å². The van der Waals surface area contributed by atoms with E-state index in [0.29, 0.717) is 17.8 Å². The SMILES string of the molecule is CC(C)(C)C(=O)Nc1cc([C@H]2C[C@@H](N)C2)[nH]n1. The van der Waals surface area contributed by atoms with E-state index in [1.807, 2.05) is 26.8 Å². The van der Waals surface area contributed by atoms with E-state index in [4.69, 9.17) is 5.73 Å². The first-order valence-electron chi connectivity index (χ1n) is 5.98. The monoisotopic (exact) mass is 236 g/mol. The van der Waals surface area contributed by atoms with Crippen LogP contribution in [0.3, 0.4) is 0 Å². The fourth-order valence-corrected chi connectivity index (χ4v) is 1.83. The minimum atomic E-state index is -0.405. The standard InChI is InChI=1S/C12H20N4O/c1-12(2,3)11(17)14-10-6-9(15-16-10)7-4-8(13)5-7/h6-8H,4-5,13H2,1-3H3,(H2,14,15,16,17)/t7-,8+. The molecule has 5 heteroatoms. The first kappa shape index (κ1) is 12.1. The fraction of sp³-hybridized carbons (Fsp3) is 0.667. The predicted molar refractivity (Wildman–Crippen MR) is 66.6 cm³/mol. The molecule has 1 fully saturated rings. The zero-order valence-electron chi connectivity index (χ0n) is 10.6. The highest BCUT2D eigenvalue weighted by Crippen LogP contribution is 2.35.